The molecular weight excluding hydrogens is 309 g/mol. The number of hydrogen-bond acceptors (Lipinski definition) is 3. The van der Waals surface area contributed by atoms with E-state index in [9.17, 15) is 9.18 Å². The van der Waals surface area contributed by atoms with Crippen LogP contribution in [0.5, 0.6) is 5.75 Å². The molecule has 24 heavy (non-hydrogen) atoms. The molecule has 0 unspecified atom stereocenters. The highest BCUT2D eigenvalue weighted by Crippen LogP contribution is 2.25. The summed E-state index contributed by atoms with van der Waals surface area (Å²) in [5.41, 5.74) is 1.17. The third-order valence-electron chi connectivity index (χ3n) is 4.68. The Hall–Kier alpha value is -2.37. The van der Waals surface area contributed by atoms with Crippen molar-refractivity contribution in [3.63, 3.8) is 0 Å². The van der Waals surface area contributed by atoms with Crippen molar-refractivity contribution in [1.29, 1.82) is 0 Å². The van der Waals surface area contributed by atoms with Gasteiger partial charge in [-0.15, -0.1) is 0 Å². The van der Waals surface area contributed by atoms with Crippen molar-refractivity contribution < 1.29 is 13.9 Å². The van der Waals surface area contributed by atoms with Crippen molar-refractivity contribution in [2.75, 3.05) is 14.2 Å². The summed E-state index contributed by atoms with van der Waals surface area (Å²) in [7, 11) is 3.26. The van der Waals surface area contributed by atoms with Gasteiger partial charge in [0.1, 0.15) is 6.33 Å². The molecule has 3 rings (SSSR count). The molecule has 0 N–H and O–H groups in total. The summed E-state index contributed by atoms with van der Waals surface area (Å²) in [5.74, 6) is -0.263. The Morgan fingerprint density at radius 3 is 2.75 bits per heavy atom. The normalized spacial score (nSPS) is 15.3. The van der Waals surface area contributed by atoms with Crippen LogP contribution in [0, 0.1) is 5.82 Å². The SMILES string of the molecule is COc1ccc(-c2cn(C(=O)N(C)C3CCCCC3)cn2)cc1F. The van der Waals surface area contributed by atoms with Crippen LogP contribution < -0.4 is 4.74 Å². The molecule has 1 aromatic carbocycles. The highest BCUT2D eigenvalue weighted by atomic mass is 19.1. The third kappa shape index (κ3) is 3.27. The van der Waals surface area contributed by atoms with E-state index in [1.165, 1.54) is 43.3 Å². The molecule has 0 saturated heterocycles. The first-order valence-corrected chi connectivity index (χ1v) is 8.25. The summed E-state index contributed by atoms with van der Waals surface area (Å²) in [6, 6.07) is 4.83. The van der Waals surface area contributed by atoms with E-state index >= 15 is 0 Å². The zero-order valence-electron chi connectivity index (χ0n) is 14.0. The van der Waals surface area contributed by atoms with Crippen LogP contribution in [0.2, 0.25) is 0 Å². The van der Waals surface area contributed by atoms with Crippen LogP contribution in [0.25, 0.3) is 11.3 Å². The molecule has 0 radical (unpaired) electrons. The van der Waals surface area contributed by atoms with E-state index in [1.54, 1.807) is 23.2 Å². The van der Waals surface area contributed by atoms with E-state index in [1.807, 2.05) is 7.05 Å². The van der Waals surface area contributed by atoms with E-state index in [4.69, 9.17) is 4.74 Å². The molecule has 2 aromatic rings. The second-order valence-electron chi connectivity index (χ2n) is 6.20. The van der Waals surface area contributed by atoms with Crippen LogP contribution >= 0.6 is 0 Å². The molecule has 128 valence electrons. The number of imidazole rings is 1. The predicted molar refractivity (Wildman–Crippen MR) is 89.6 cm³/mol. The fourth-order valence-corrected chi connectivity index (χ4v) is 3.21. The summed E-state index contributed by atoms with van der Waals surface area (Å²) >= 11 is 0. The quantitative estimate of drug-likeness (QED) is 0.856. The van der Waals surface area contributed by atoms with Crippen molar-refractivity contribution in [2.24, 2.45) is 0 Å². The van der Waals surface area contributed by atoms with Crippen LogP contribution in [0.3, 0.4) is 0 Å². The van der Waals surface area contributed by atoms with Crippen molar-refractivity contribution in [3.8, 4) is 17.0 Å². The highest BCUT2D eigenvalue weighted by molar-refractivity contribution is 5.78. The van der Waals surface area contributed by atoms with E-state index in [0.29, 0.717) is 11.3 Å². The number of methoxy groups -OCH3 is 1. The average molecular weight is 331 g/mol. The van der Waals surface area contributed by atoms with E-state index in [2.05, 4.69) is 4.98 Å². The predicted octanol–water partition coefficient (Wildman–Crippen LogP) is 3.93. The standard InChI is InChI=1S/C18H22FN3O2/c1-21(14-6-4-3-5-7-14)18(23)22-11-16(20-12-22)13-8-9-17(24-2)15(19)10-13/h8-12,14H,3-7H2,1-2H3. The maximum atomic E-state index is 13.8. The summed E-state index contributed by atoms with van der Waals surface area (Å²) < 4.78 is 20.2. The molecule has 0 aliphatic heterocycles. The van der Waals surface area contributed by atoms with Gasteiger partial charge in [-0.1, -0.05) is 19.3 Å². The van der Waals surface area contributed by atoms with Crippen molar-refractivity contribution >= 4 is 6.03 Å². The summed E-state index contributed by atoms with van der Waals surface area (Å²) in [6.07, 6.45) is 8.81. The Labute approximate surface area is 141 Å². The molecule has 6 heteroatoms. The Bertz CT molecular complexity index is 723. The van der Waals surface area contributed by atoms with E-state index < -0.39 is 5.82 Å². The van der Waals surface area contributed by atoms with Crippen LogP contribution in [0.1, 0.15) is 32.1 Å². The molecule has 1 aliphatic carbocycles. The van der Waals surface area contributed by atoms with Gasteiger partial charge in [-0.2, -0.15) is 0 Å². The lowest BCUT2D eigenvalue weighted by molar-refractivity contribution is 0.175. The van der Waals surface area contributed by atoms with Crippen molar-refractivity contribution in [1.82, 2.24) is 14.5 Å². The molecular formula is C18H22FN3O2. The van der Waals surface area contributed by atoms with Gasteiger partial charge >= 0.3 is 6.03 Å². The molecule has 1 fully saturated rings. The summed E-state index contributed by atoms with van der Waals surface area (Å²) in [4.78, 5) is 18.6. The van der Waals surface area contributed by atoms with Gasteiger partial charge in [0.25, 0.3) is 0 Å². The maximum absolute atomic E-state index is 13.8. The third-order valence-corrected chi connectivity index (χ3v) is 4.68. The number of aromatic nitrogens is 2. The molecule has 0 spiro atoms. The Morgan fingerprint density at radius 2 is 2.08 bits per heavy atom. The van der Waals surface area contributed by atoms with E-state index in [-0.39, 0.29) is 17.8 Å². The topological polar surface area (TPSA) is 47.4 Å². The van der Waals surface area contributed by atoms with Gasteiger partial charge in [-0.05, 0) is 31.0 Å². The van der Waals surface area contributed by atoms with Gasteiger partial charge in [0.15, 0.2) is 11.6 Å². The molecule has 1 saturated carbocycles. The largest absolute Gasteiger partial charge is 0.494 e. The number of nitrogens with zero attached hydrogens (tertiary/aromatic N) is 3. The average Bonchev–Trinajstić information content (AvgIpc) is 3.11. The molecule has 1 aromatic heterocycles. The maximum Gasteiger partial charge on any atom is 0.329 e. The minimum Gasteiger partial charge on any atom is -0.494 e. The number of carbonyl (C=O) groups excluding carboxylic acids is 1. The molecule has 0 atom stereocenters. The minimum absolute atomic E-state index is 0.102. The second-order valence-corrected chi connectivity index (χ2v) is 6.20. The minimum atomic E-state index is -0.449. The lowest BCUT2D eigenvalue weighted by Gasteiger charge is -2.31. The summed E-state index contributed by atoms with van der Waals surface area (Å²) in [5, 5.41) is 0. The highest BCUT2D eigenvalue weighted by Gasteiger charge is 2.23. The number of carbonyl (C=O) groups is 1. The van der Waals surface area contributed by atoms with Crippen LogP contribution in [0.4, 0.5) is 9.18 Å². The van der Waals surface area contributed by atoms with Gasteiger partial charge in [0.2, 0.25) is 0 Å². The van der Waals surface area contributed by atoms with Gasteiger partial charge < -0.3 is 9.64 Å². The van der Waals surface area contributed by atoms with Crippen molar-refractivity contribution in [3.05, 3.63) is 36.5 Å². The van der Waals surface area contributed by atoms with Gasteiger partial charge in [0, 0.05) is 24.8 Å². The Morgan fingerprint density at radius 1 is 1.33 bits per heavy atom. The van der Waals surface area contributed by atoms with Gasteiger partial charge in [0.05, 0.1) is 12.8 Å². The first-order valence-electron chi connectivity index (χ1n) is 8.25. The first-order chi connectivity index (χ1) is 11.6. The summed E-state index contributed by atoms with van der Waals surface area (Å²) in [6.45, 7) is 0. The van der Waals surface area contributed by atoms with Gasteiger partial charge in [-0.25, -0.2) is 14.2 Å². The fraction of sp³-hybridized carbons (Fsp3) is 0.444. The lowest BCUT2D eigenvalue weighted by atomic mass is 9.95. The lowest BCUT2D eigenvalue weighted by Crippen LogP contribution is -2.40. The molecule has 0 bridgehead atoms. The van der Waals surface area contributed by atoms with E-state index in [0.717, 1.165) is 12.8 Å². The second kappa shape index (κ2) is 7.03. The zero-order chi connectivity index (χ0) is 17.1. The smallest absolute Gasteiger partial charge is 0.329 e. The first kappa shape index (κ1) is 16.5. The molecule has 1 heterocycles. The van der Waals surface area contributed by atoms with Crippen LogP contribution in [0.15, 0.2) is 30.7 Å². The molecule has 5 nitrogen and oxygen atoms in total. The van der Waals surface area contributed by atoms with Crippen LogP contribution in [-0.2, 0) is 0 Å². The zero-order valence-corrected chi connectivity index (χ0v) is 14.0. The fourth-order valence-electron chi connectivity index (χ4n) is 3.21. The number of hydrogen-bond donors (Lipinski definition) is 0. The van der Waals surface area contributed by atoms with Crippen molar-refractivity contribution in [2.45, 2.75) is 38.1 Å². The number of ether oxygens (including phenoxy) is 1. The molecule has 1 amide bonds. The Kier molecular flexibility index (Phi) is 4.83. The molecule has 1 aliphatic rings. The number of amides is 1. The number of rotatable bonds is 3. The van der Waals surface area contributed by atoms with Crippen LogP contribution in [-0.4, -0.2) is 40.7 Å². The monoisotopic (exact) mass is 331 g/mol. The Balaban J connectivity index is 1.77. The number of benzene rings is 1. The number of halogens is 1. The van der Waals surface area contributed by atoms with Gasteiger partial charge in [-0.3, -0.25) is 4.57 Å².